The van der Waals surface area contributed by atoms with Gasteiger partial charge in [0, 0.05) is 0 Å². The number of aliphatic carboxylic acids is 1. The number of phenols is 1. The Hall–Kier alpha value is -4.12. The van der Waals surface area contributed by atoms with Crippen LogP contribution in [0.25, 0.3) is 0 Å². The number of carboxylic acids is 1. The average molecular weight is 471 g/mol. The van der Waals surface area contributed by atoms with E-state index >= 15 is 0 Å². The topological polar surface area (TPSA) is 161 Å². The molecule has 2 amide bonds. The van der Waals surface area contributed by atoms with Crippen molar-refractivity contribution in [3.05, 3.63) is 65.2 Å². The van der Waals surface area contributed by atoms with Gasteiger partial charge in [-0.3, -0.25) is 9.59 Å². The van der Waals surface area contributed by atoms with Crippen LogP contribution in [0, 0.1) is 0 Å². The van der Waals surface area contributed by atoms with Crippen LogP contribution in [-0.4, -0.2) is 64.8 Å². The van der Waals surface area contributed by atoms with Crippen LogP contribution in [0.15, 0.2) is 53.7 Å². The SMILES string of the molecule is COC1=NOC(CN(C(=O)OCc2ccccc2)C(=O)c2cc(C[C@H](N)C(=O)O)ccc2O)C1. The first-order valence-corrected chi connectivity index (χ1v) is 10.4. The number of hydrogen-bond acceptors (Lipinski definition) is 9. The van der Waals surface area contributed by atoms with Crippen LogP contribution in [-0.2, 0) is 32.1 Å². The lowest BCUT2D eigenvalue weighted by Crippen LogP contribution is -2.42. The van der Waals surface area contributed by atoms with Gasteiger partial charge in [0.2, 0.25) is 5.90 Å². The predicted molar refractivity (Wildman–Crippen MR) is 119 cm³/mol. The van der Waals surface area contributed by atoms with Crippen molar-refractivity contribution in [1.82, 2.24) is 4.90 Å². The van der Waals surface area contributed by atoms with E-state index in [-0.39, 0.29) is 37.3 Å². The third kappa shape index (κ3) is 6.23. The number of methoxy groups -OCH3 is 1. The number of carbonyl (C=O) groups is 3. The zero-order chi connectivity index (χ0) is 24.7. The number of aromatic hydroxyl groups is 1. The Kier molecular flexibility index (Phi) is 8.04. The summed E-state index contributed by atoms with van der Waals surface area (Å²) < 4.78 is 10.4. The number of rotatable bonds is 8. The summed E-state index contributed by atoms with van der Waals surface area (Å²) in [5, 5.41) is 23.1. The number of hydrogen-bond donors (Lipinski definition) is 3. The number of benzene rings is 2. The van der Waals surface area contributed by atoms with E-state index in [4.69, 9.17) is 25.2 Å². The Bertz CT molecular complexity index is 1070. The van der Waals surface area contributed by atoms with E-state index in [2.05, 4.69) is 5.16 Å². The number of nitrogens with zero attached hydrogens (tertiary/aromatic N) is 2. The summed E-state index contributed by atoms with van der Waals surface area (Å²) in [6.07, 6.45) is -1.47. The van der Waals surface area contributed by atoms with Crippen LogP contribution in [0.2, 0.25) is 0 Å². The third-order valence-corrected chi connectivity index (χ3v) is 5.06. The minimum atomic E-state index is -1.21. The van der Waals surface area contributed by atoms with Crippen LogP contribution in [0.1, 0.15) is 27.9 Å². The van der Waals surface area contributed by atoms with E-state index in [0.29, 0.717) is 11.5 Å². The number of nitrogens with two attached hydrogens (primary N) is 1. The summed E-state index contributed by atoms with van der Waals surface area (Å²) in [5.74, 6) is -2.14. The molecule has 0 bridgehead atoms. The number of imide groups is 1. The van der Waals surface area contributed by atoms with E-state index in [0.717, 1.165) is 10.5 Å². The zero-order valence-electron chi connectivity index (χ0n) is 18.4. The highest BCUT2D eigenvalue weighted by molar-refractivity contribution is 6.04. The normalized spacial score (nSPS) is 15.6. The number of carboxylic acid groups (broad SMARTS) is 1. The lowest BCUT2D eigenvalue weighted by Gasteiger charge is -2.23. The van der Waals surface area contributed by atoms with E-state index in [9.17, 15) is 19.5 Å². The molecule has 180 valence electrons. The van der Waals surface area contributed by atoms with E-state index in [1.165, 1.54) is 25.3 Å². The highest BCUT2D eigenvalue weighted by Gasteiger charge is 2.33. The lowest BCUT2D eigenvalue weighted by atomic mass is 10.0. The molecule has 1 unspecified atom stereocenters. The Labute approximate surface area is 195 Å². The van der Waals surface area contributed by atoms with Gasteiger partial charge < -0.3 is 30.3 Å². The molecule has 0 saturated heterocycles. The molecular formula is C23H25N3O8. The highest BCUT2D eigenvalue weighted by Crippen LogP contribution is 2.23. The molecule has 3 rings (SSSR count). The largest absolute Gasteiger partial charge is 0.507 e. The van der Waals surface area contributed by atoms with Gasteiger partial charge in [-0.05, 0) is 29.7 Å². The van der Waals surface area contributed by atoms with E-state index < -0.39 is 30.1 Å². The monoisotopic (exact) mass is 471 g/mol. The van der Waals surface area contributed by atoms with Gasteiger partial charge in [-0.1, -0.05) is 41.6 Å². The second-order valence-corrected chi connectivity index (χ2v) is 7.58. The van der Waals surface area contributed by atoms with Crippen molar-refractivity contribution < 1.29 is 38.9 Å². The fraction of sp³-hybridized carbons (Fsp3) is 0.304. The van der Waals surface area contributed by atoms with Crippen LogP contribution in [0.3, 0.4) is 0 Å². The molecule has 1 aliphatic heterocycles. The van der Waals surface area contributed by atoms with Crippen LogP contribution in [0.4, 0.5) is 4.79 Å². The Morgan fingerprint density at radius 1 is 1.21 bits per heavy atom. The van der Waals surface area contributed by atoms with Crippen molar-refractivity contribution in [2.24, 2.45) is 10.9 Å². The molecule has 0 aliphatic carbocycles. The van der Waals surface area contributed by atoms with Crippen LogP contribution in [0.5, 0.6) is 5.75 Å². The molecule has 11 nitrogen and oxygen atoms in total. The minimum Gasteiger partial charge on any atom is -0.507 e. The van der Waals surface area contributed by atoms with Crippen molar-refractivity contribution in [3.8, 4) is 5.75 Å². The molecule has 0 spiro atoms. The molecule has 34 heavy (non-hydrogen) atoms. The summed E-state index contributed by atoms with van der Waals surface area (Å²) in [7, 11) is 1.42. The fourth-order valence-corrected chi connectivity index (χ4v) is 3.23. The molecule has 2 aromatic rings. The minimum absolute atomic E-state index is 0.0751. The van der Waals surface area contributed by atoms with Gasteiger partial charge in [0.15, 0.2) is 6.10 Å². The standard InChI is InChI=1S/C23H25N3O8/c1-32-20-11-16(34-25-20)12-26(23(31)33-13-14-5-3-2-4-6-14)21(28)17-9-15(7-8-19(17)27)10-18(24)22(29)30/h2-9,16,18,27H,10-13,24H2,1H3,(H,29,30)/t16?,18-/m0/s1. The number of amides is 2. The van der Waals surface area contributed by atoms with E-state index in [1.54, 1.807) is 24.3 Å². The van der Waals surface area contributed by atoms with Crippen molar-refractivity contribution in [2.45, 2.75) is 31.6 Å². The first-order valence-electron chi connectivity index (χ1n) is 10.4. The quantitative estimate of drug-likeness (QED) is 0.522. The molecule has 11 heteroatoms. The number of ether oxygens (including phenoxy) is 2. The maximum absolute atomic E-state index is 13.3. The van der Waals surface area contributed by atoms with Crippen molar-refractivity contribution >= 4 is 23.9 Å². The highest BCUT2D eigenvalue weighted by atomic mass is 16.7. The van der Waals surface area contributed by atoms with E-state index in [1.807, 2.05) is 6.07 Å². The molecule has 2 aromatic carbocycles. The molecule has 1 aliphatic rings. The lowest BCUT2D eigenvalue weighted by molar-refractivity contribution is -0.138. The number of phenolic OH excluding ortho intramolecular Hbond substituents is 1. The summed E-state index contributed by atoms with van der Waals surface area (Å²) in [5.41, 5.74) is 6.49. The predicted octanol–water partition coefficient (Wildman–Crippen LogP) is 1.87. The second-order valence-electron chi connectivity index (χ2n) is 7.58. The molecule has 0 fully saturated rings. The van der Waals surface area contributed by atoms with Crippen LogP contribution >= 0.6 is 0 Å². The smallest absolute Gasteiger partial charge is 0.417 e. The van der Waals surface area contributed by atoms with Gasteiger partial charge in [-0.2, -0.15) is 0 Å². The van der Waals surface area contributed by atoms with Gasteiger partial charge in [0.05, 0.1) is 25.6 Å². The Balaban J connectivity index is 1.82. The van der Waals surface area contributed by atoms with Crippen molar-refractivity contribution in [1.29, 1.82) is 0 Å². The first kappa shape index (κ1) is 24.5. The maximum atomic E-state index is 13.3. The molecule has 0 saturated carbocycles. The molecule has 2 atom stereocenters. The first-order chi connectivity index (χ1) is 16.3. The number of oxime groups is 1. The summed E-state index contributed by atoms with van der Waals surface area (Å²) in [4.78, 5) is 43.3. The van der Waals surface area contributed by atoms with Gasteiger partial charge in [-0.25, -0.2) is 9.69 Å². The summed E-state index contributed by atoms with van der Waals surface area (Å²) in [6.45, 7) is -0.296. The van der Waals surface area contributed by atoms with Gasteiger partial charge in [0.1, 0.15) is 18.4 Å². The maximum Gasteiger partial charge on any atom is 0.417 e. The number of carbonyl (C=O) groups excluding carboxylic acids is 2. The molecule has 0 radical (unpaired) electrons. The molecule has 0 aromatic heterocycles. The zero-order valence-corrected chi connectivity index (χ0v) is 18.4. The van der Waals surface area contributed by atoms with Crippen molar-refractivity contribution in [2.75, 3.05) is 13.7 Å². The molecule has 1 heterocycles. The van der Waals surface area contributed by atoms with Gasteiger partial charge in [0.25, 0.3) is 5.91 Å². The average Bonchev–Trinajstić information content (AvgIpc) is 3.30. The van der Waals surface area contributed by atoms with Gasteiger partial charge >= 0.3 is 12.1 Å². The van der Waals surface area contributed by atoms with Crippen molar-refractivity contribution in [3.63, 3.8) is 0 Å². The summed E-state index contributed by atoms with van der Waals surface area (Å²) >= 11 is 0. The Morgan fingerprint density at radius 3 is 2.59 bits per heavy atom. The molecular weight excluding hydrogens is 446 g/mol. The second kappa shape index (κ2) is 11.1. The van der Waals surface area contributed by atoms with Crippen LogP contribution < -0.4 is 5.73 Å². The molecule has 4 N–H and O–H groups in total. The third-order valence-electron chi connectivity index (χ3n) is 5.06. The summed E-state index contributed by atoms with van der Waals surface area (Å²) in [6, 6.07) is 11.7. The van der Waals surface area contributed by atoms with Gasteiger partial charge in [-0.15, -0.1) is 0 Å². The fourth-order valence-electron chi connectivity index (χ4n) is 3.23. The Morgan fingerprint density at radius 2 is 1.94 bits per heavy atom.